The van der Waals surface area contributed by atoms with Crippen LogP contribution in [0.3, 0.4) is 0 Å². The van der Waals surface area contributed by atoms with Gasteiger partial charge in [-0.3, -0.25) is 4.90 Å². The molecule has 1 N–H and O–H groups in total. The van der Waals surface area contributed by atoms with E-state index in [0.717, 1.165) is 37.4 Å². The molecule has 5 rings (SSSR count). The summed E-state index contributed by atoms with van der Waals surface area (Å²) < 4.78 is 11.6. The topological polar surface area (TPSA) is 37.5 Å². The fraction of sp³-hybridized carbons (Fsp3) is 0.286. The van der Waals surface area contributed by atoms with Crippen molar-refractivity contribution in [1.29, 1.82) is 0 Å². The highest BCUT2D eigenvalue weighted by Gasteiger charge is 2.31. The van der Waals surface area contributed by atoms with Crippen molar-refractivity contribution in [2.45, 2.75) is 32.4 Å². The van der Waals surface area contributed by atoms with Gasteiger partial charge in [-0.1, -0.05) is 49.4 Å². The lowest BCUT2D eigenvalue weighted by Crippen LogP contribution is -2.36. The second-order valence-electron chi connectivity index (χ2n) is 8.46. The maximum atomic E-state index is 6.12. The number of methoxy groups -OCH3 is 1. The summed E-state index contributed by atoms with van der Waals surface area (Å²) in [6.45, 7) is 4.95. The highest BCUT2D eigenvalue weighted by atomic mass is 35.5. The Kier molecular flexibility index (Phi) is 7.26. The van der Waals surface area contributed by atoms with Gasteiger partial charge in [0.15, 0.2) is 0 Å². The van der Waals surface area contributed by atoms with Crippen LogP contribution in [-0.4, -0.2) is 30.1 Å². The normalized spacial score (nSPS) is 15.6. The van der Waals surface area contributed by atoms with E-state index in [9.17, 15) is 0 Å². The fourth-order valence-corrected chi connectivity index (χ4v) is 4.87. The van der Waals surface area contributed by atoms with Gasteiger partial charge in [0.1, 0.15) is 18.1 Å². The SMILES string of the molecule is CCCN1CCc2c([nH]c3ccc(OCc4ccccc4)cc23)C1c1cccc(OC)c1.Cl. The summed E-state index contributed by atoms with van der Waals surface area (Å²) in [5.74, 6) is 1.82. The first kappa shape index (κ1) is 23.2. The lowest BCUT2D eigenvalue weighted by atomic mass is 9.92. The molecule has 1 aromatic heterocycles. The molecule has 0 spiro atoms. The van der Waals surface area contributed by atoms with Crippen molar-refractivity contribution < 1.29 is 9.47 Å². The van der Waals surface area contributed by atoms with Crippen LogP contribution in [0, 0.1) is 0 Å². The lowest BCUT2D eigenvalue weighted by Gasteiger charge is -2.36. The van der Waals surface area contributed by atoms with Gasteiger partial charge >= 0.3 is 0 Å². The third-order valence-corrected chi connectivity index (χ3v) is 6.37. The van der Waals surface area contributed by atoms with Crippen LogP contribution in [0.15, 0.2) is 72.8 Å². The molecule has 1 atom stereocenters. The molecule has 172 valence electrons. The second-order valence-corrected chi connectivity index (χ2v) is 8.46. The van der Waals surface area contributed by atoms with E-state index in [4.69, 9.17) is 9.47 Å². The van der Waals surface area contributed by atoms with E-state index < -0.39 is 0 Å². The number of hydrogen-bond donors (Lipinski definition) is 1. The molecular formula is C28H31ClN2O2. The van der Waals surface area contributed by atoms with E-state index in [-0.39, 0.29) is 18.4 Å². The molecule has 0 fully saturated rings. The van der Waals surface area contributed by atoms with Crippen LogP contribution in [0.5, 0.6) is 11.5 Å². The van der Waals surface area contributed by atoms with Crippen molar-refractivity contribution in [3.63, 3.8) is 0 Å². The molecule has 0 saturated carbocycles. The van der Waals surface area contributed by atoms with E-state index >= 15 is 0 Å². The van der Waals surface area contributed by atoms with Gasteiger partial charge in [-0.25, -0.2) is 0 Å². The number of nitrogens with one attached hydrogen (secondary N) is 1. The summed E-state index contributed by atoms with van der Waals surface area (Å²) >= 11 is 0. The van der Waals surface area contributed by atoms with Crippen LogP contribution >= 0.6 is 12.4 Å². The largest absolute Gasteiger partial charge is 0.497 e. The third kappa shape index (κ3) is 4.73. The molecule has 1 unspecified atom stereocenters. The summed E-state index contributed by atoms with van der Waals surface area (Å²) in [7, 11) is 1.73. The number of nitrogens with zero attached hydrogens (tertiary/aromatic N) is 1. The first-order valence-electron chi connectivity index (χ1n) is 11.5. The number of ether oxygens (including phenoxy) is 2. The molecule has 3 aromatic carbocycles. The van der Waals surface area contributed by atoms with Crippen LogP contribution in [0.25, 0.3) is 10.9 Å². The molecule has 2 heterocycles. The van der Waals surface area contributed by atoms with Crippen molar-refractivity contribution in [3.05, 3.63) is 95.2 Å². The van der Waals surface area contributed by atoms with Crippen molar-refractivity contribution in [2.24, 2.45) is 0 Å². The first-order chi connectivity index (χ1) is 15.8. The molecule has 4 nitrogen and oxygen atoms in total. The monoisotopic (exact) mass is 462 g/mol. The minimum absolute atomic E-state index is 0. The van der Waals surface area contributed by atoms with Gasteiger partial charge in [0.05, 0.1) is 13.2 Å². The smallest absolute Gasteiger partial charge is 0.120 e. The summed E-state index contributed by atoms with van der Waals surface area (Å²) in [5, 5.41) is 1.27. The Morgan fingerprint density at radius 1 is 0.970 bits per heavy atom. The van der Waals surface area contributed by atoms with Gasteiger partial charge in [0.2, 0.25) is 0 Å². The van der Waals surface area contributed by atoms with Crippen molar-refractivity contribution in [1.82, 2.24) is 9.88 Å². The van der Waals surface area contributed by atoms with Gasteiger partial charge in [-0.2, -0.15) is 0 Å². The minimum Gasteiger partial charge on any atom is -0.497 e. The Hall–Kier alpha value is -2.95. The highest BCUT2D eigenvalue weighted by Crippen LogP contribution is 2.40. The average Bonchev–Trinajstić information content (AvgIpc) is 3.21. The Bertz CT molecular complexity index is 1210. The number of fused-ring (bicyclic) bond motifs is 3. The van der Waals surface area contributed by atoms with Gasteiger partial charge in [0.25, 0.3) is 0 Å². The van der Waals surface area contributed by atoms with Crippen molar-refractivity contribution in [3.8, 4) is 11.5 Å². The number of H-pyrrole nitrogens is 1. The molecule has 0 amide bonds. The van der Waals surface area contributed by atoms with E-state index in [2.05, 4.69) is 65.3 Å². The maximum absolute atomic E-state index is 6.12. The Morgan fingerprint density at radius 2 is 1.82 bits per heavy atom. The zero-order chi connectivity index (χ0) is 21.9. The van der Waals surface area contributed by atoms with Gasteiger partial charge < -0.3 is 14.5 Å². The third-order valence-electron chi connectivity index (χ3n) is 6.37. The maximum Gasteiger partial charge on any atom is 0.120 e. The lowest BCUT2D eigenvalue weighted by molar-refractivity contribution is 0.211. The van der Waals surface area contributed by atoms with Gasteiger partial charge in [-0.15, -0.1) is 12.4 Å². The van der Waals surface area contributed by atoms with E-state index in [1.165, 1.54) is 33.3 Å². The van der Waals surface area contributed by atoms with Crippen LogP contribution in [-0.2, 0) is 13.0 Å². The molecular weight excluding hydrogens is 432 g/mol. The van der Waals surface area contributed by atoms with Crippen LogP contribution < -0.4 is 9.47 Å². The summed E-state index contributed by atoms with van der Waals surface area (Å²) in [5.41, 5.74) is 6.33. The number of hydrogen-bond acceptors (Lipinski definition) is 3. The second kappa shape index (κ2) is 10.3. The molecule has 0 saturated heterocycles. The summed E-state index contributed by atoms with van der Waals surface area (Å²) in [6.07, 6.45) is 2.17. The van der Waals surface area contributed by atoms with E-state index in [1.54, 1.807) is 7.11 Å². The predicted molar refractivity (Wildman–Crippen MR) is 137 cm³/mol. The van der Waals surface area contributed by atoms with Crippen LogP contribution in [0.4, 0.5) is 0 Å². The molecule has 0 radical (unpaired) electrons. The van der Waals surface area contributed by atoms with Gasteiger partial charge in [-0.05, 0) is 66.4 Å². The number of rotatable bonds is 7. The van der Waals surface area contributed by atoms with Crippen LogP contribution in [0.1, 0.15) is 41.8 Å². The first-order valence-corrected chi connectivity index (χ1v) is 11.5. The number of aromatic amines is 1. The molecule has 33 heavy (non-hydrogen) atoms. The molecule has 5 heteroatoms. The number of aromatic nitrogens is 1. The predicted octanol–water partition coefficient (Wildman–Crippen LogP) is 6.53. The molecule has 0 bridgehead atoms. The fourth-order valence-electron chi connectivity index (χ4n) is 4.87. The van der Waals surface area contributed by atoms with Crippen molar-refractivity contribution >= 4 is 23.3 Å². The summed E-state index contributed by atoms with van der Waals surface area (Å²) in [4.78, 5) is 6.34. The Balaban J connectivity index is 0.00000259. The van der Waals surface area contributed by atoms with E-state index in [0.29, 0.717) is 6.61 Å². The average molecular weight is 463 g/mol. The quantitative estimate of drug-likeness (QED) is 0.339. The van der Waals surface area contributed by atoms with E-state index in [1.807, 2.05) is 24.3 Å². The molecule has 0 aliphatic carbocycles. The highest BCUT2D eigenvalue weighted by molar-refractivity contribution is 5.87. The Morgan fingerprint density at radius 3 is 2.61 bits per heavy atom. The molecule has 1 aliphatic rings. The standard InChI is InChI=1S/C28H30N2O2.ClH/c1-3-15-30-16-14-24-25-18-23(32-19-20-8-5-4-6-9-20)12-13-26(25)29-27(24)28(30)21-10-7-11-22(17-21)31-2;/h4-13,17-18,28-29H,3,14-16,19H2,1-2H3;1H. The van der Waals surface area contributed by atoms with Crippen molar-refractivity contribution in [2.75, 3.05) is 20.2 Å². The molecule has 4 aromatic rings. The number of halogens is 1. The zero-order valence-corrected chi connectivity index (χ0v) is 20.0. The van der Waals surface area contributed by atoms with Crippen LogP contribution in [0.2, 0.25) is 0 Å². The zero-order valence-electron chi connectivity index (χ0n) is 19.2. The minimum atomic E-state index is 0. The van der Waals surface area contributed by atoms with Gasteiger partial charge in [0, 0.05) is 23.1 Å². The molecule has 1 aliphatic heterocycles. The summed E-state index contributed by atoms with van der Waals surface area (Å²) in [6, 6.07) is 25.4. The Labute approximate surface area is 201 Å². The number of benzene rings is 3.